The molecule has 0 spiro atoms. The van der Waals surface area contributed by atoms with Crippen LogP contribution in [0.3, 0.4) is 0 Å². The maximum atomic E-state index is 13.4. The summed E-state index contributed by atoms with van der Waals surface area (Å²) in [5.74, 6) is -0.773. The first-order valence-electron chi connectivity index (χ1n) is 10.3. The summed E-state index contributed by atoms with van der Waals surface area (Å²) in [6, 6.07) is 16.1. The lowest BCUT2D eigenvalue weighted by Crippen LogP contribution is -2.35. The zero-order valence-corrected chi connectivity index (χ0v) is 19.1. The molecule has 6 nitrogen and oxygen atoms in total. The number of hydrogen-bond acceptors (Lipinski definition) is 4. The molecule has 0 atom stereocenters. The molecule has 8 heteroatoms. The molecule has 0 saturated carbocycles. The van der Waals surface area contributed by atoms with E-state index in [9.17, 15) is 9.18 Å². The van der Waals surface area contributed by atoms with Crippen molar-refractivity contribution in [2.75, 3.05) is 0 Å². The average molecular weight is 458 g/mol. The summed E-state index contributed by atoms with van der Waals surface area (Å²) in [5.41, 5.74) is 5.62. The normalized spacial score (nSPS) is 16.8. The van der Waals surface area contributed by atoms with E-state index in [0.717, 1.165) is 33.8 Å². The summed E-state index contributed by atoms with van der Waals surface area (Å²) in [4.78, 5) is 17.0. The van der Waals surface area contributed by atoms with Crippen molar-refractivity contribution in [3.63, 3.8) is 0 Å². The first-order valence-corrected chi connectivity index (χ1v) is 11.2. The molecule has 0 saturated heterocycles. The van der Waals surface area contributed by atoms with Crippen molar-refractivity contribution in [3.05, 3.63) is 94.1 Å². The largest absolute Gasteiger partial charge is 0.318 e. The van der Waals surface area contributed by atoms with E-state index in [1.54, 1.807) is 18.2 Å². The number of carbonyl (C=O) groups excluding carboxylic acids is 1. The van der Waals surface area contributed by atoms with Gasteiger partial charge in [-0.1, -0.05) is 23.8 Å². The van der Waals surface area contributed by atoms with Crippen molar-refractivity contribution in [1.82, 2.24) is 9.58 Å². The van der Waals surface area contributed by atoms with E-state index in [1.807, 2.05) is 55.7 Å². The smallest absolute Gasteiger partial charge is 0.283 e. The Morgan fingerprint density at radius 1 is 1.06 bits per heavy atom. The van der Waals surface area contributed by atoms with Gasteiger partial charge in [0.1, 0.15) is 10.9 Å². The van der Waals surface area contributed by atoms with E-state index in [4.69, 9.17) is 5.41 Å². The van der Waals surface area contributed by atoms with Crippen molar-refractivity contribution in [3.8, 4) is 5.69 Å². The zero-order valence-electron chi connectivity index (χ0n) is 18.3. The van der Waals surface area contributed by atoms with E-state index >= 15 is 0 Å². The Morgan fingerprint density at radius 2 is 1.82 bits per heavy atom. The second kappa shape index (κ2) is 7.97. The van der Waals surface area contributed by atoms with E-state index in [-0.39, 0.29) is 17.2 Å². The van der Waals surface area contributed by atoms with E-state index in [2.05, 4.69) is 10.1 Å². The maximum Gasteiger partial charge on any atom is 0.283 e. The third kappa shape index (κ3) is 3.72. The number of rotatable bonds is 3. The molecule has 1 amide bonds. The maximum absolute atomic E-state index is 13.4. The highest BCUT2D eigenvalue weighted by Gasteiger charge is 2.36. The van der Waals surface area contributed by atoms with E-state index in [1.165, 1.54) is 28.9 Å². The number of halogens is 1. The van der Waals surface area contributed by atoms with Gasteiger partial charge < -0.3 is 4.57 Å². The number of thioether (sulfide) groups is 1. The van der Waals surface area contributed by atoms with Crippen LogP contribution in [0.25, 0.3) is 11.8 Å². The molecule has 0 unspecified atom stereocenters. The number of aromatic nitrogens is 1. The van der Waals surface area contributed by atoms with Gasteiger partial charge in [-0.3, -0.25) is 10.2 Å². The van der Waals surface area contributed by atoms with Crippen molar-refractivity contribution >= 4 is 39.8 Å². The quantitative estimate of drug-likeness (QED) is 0.549. The Hall–Kier alpha value is -3.78. The van der Waals surface area contributed by atoms with Gasteiger partial charge in [0, 0.05) is 22.6 Å². The second-order valence-electron chi connectivity index (χ2n) is 7.93. The molecule has 5 rings (SSSR count). The fourth-order valence-corrected chi connectivity index (χ4v) is 4.85. The summed E-state index contributed by atoms with van der Waals surface area (Å²) in [5, 5.41) is 15.7. The topological polar surface area (TPSA) is 73.8 Å². The van der Waals surface area contributed by atoms with Crippen LogP contribution in [0.4, 0.5) is 4.39 Å². The number of amidine groups is 2. The molecule has 1 N–H and O–H groups in total. The van der Waals surface area contributed by atoms with Crippen LogP contribution in [-0.4, -0.2) is 31.5 Å². The summed E-state index contributed by atoms with van der Waals surface area (Å²) >= 11 is 1.28. The zero-order chi connectivity index (χ0) is 23.3. The number of benzene rings is 2. The predicted molar refractivity (Wildman–Crippen MR) is 130 cm³/mol. The number of nitrogens with one attached hydrogen (secondary N) is 1. The monoisotopic (exact) mass is 457 g/mol. The Bertz CT molecular complexity index is 1420. The molecule has 2 aromatic carbocycles. The highest BCUT2D eigenvalue weighted by Crippen LogP contribution is 2.32. The van der Waals surface area contributed by atoms with Crippen molar-refractivity contribution in [2.24, 2.45) is 10.1 Å². The third-order valence-electron chi connectivity index (χ3n) is 5.57. The number of aryl methyl sites for hydroxylation is 2. The Balaban J connectivity index is 1.51. The predicted octanol–water partition coefficient (Wildman–Crippen LogP) is 5.21. The van der Waals surface area contributed by atoms with Crippen LogP contribution >= 0.6 is 11.8 Å². The van der Waals surface area contributed by atoms with E-state index < -0.39 is 5.91 Å². The Labute approximate surface area is 194 Å². The summed E-state index contributed by atoms with van der Waals surface area (Å²) in [7, 11) is 0. The highest BCUT2D eigenvalue weighted by atomic mass is 32.2. The molecule has 3 heterocycles. The van der Waals surface area contributed by atoms with Crippen molar-refractivity contribution in [1.29, 1.82) is 5.41 Å². The minimum Gasteiger partial charge on any atom is -0.318 e. The van der Waals surface area contributed by atoms with Crippen LogP contribution in [0, 0.1) is 32.0 Å². The molecular weight excluding hydrogens is 437 g/mol. The number of nitrogens with zero attached hydrogens (tertiary/aromatic N) is 4. The van der Waals surface area contributed by atoms with Gasteiger partial charge in [0.2, 0.25) is 5.17 Å². The van der Waals surface area contributed by atoms with Crippen LogP contribution in [0.2, 0.25) is 0 Å². The second-order valence-corrected chi connectivity index (χ2v) is 8.89. The van der Waals surface area contributed by atoms with Crippen molar-refractivity contribution < 1.29 is 9.18 Å². The fourth-order valence-electron chi connectivity index (χ4n) is 3.96. The molecule has 0 fully saturated rings. The van der Waals surface area contributed by atoms with Crippen molar-refractivity contribution in [2.45, 2.75) is 20.8 Å². The van der Waals surface area contributed by atoms with Gasteiger partial charge in [-0.25, -0.2) is 4.39 Å². The summed E-state index contributed by atoms with van der Waals surface area (Å²) in [6.45, 7) is 5.87. The number of hydrogen-bond donors (Lipinski definition) is 1. The molecule has 164 valence electrons. The molecule has 33 heavy (non-hydrogen) atoms. The van der Waals surface area contributed by atoms with Crippen LogP contribution in [0.15, 0.2) is 70.3 Å². The number of aliphatic imine (C=N–C) groups is 1. The van der Waals surface area contributed by atoms with Crippen LogP contribution in [0.1, 0.15) is 28.1 Å². The van der Waals surface area contributed by atoms with Gasteiger partial charge in [0.05, 0.1) is 5.57 Å². The first-order chi connectivity index (χ1) is 15.8. The minimum absolute atomic E-state index is 0.00765. The van der Waals surface area contributed by atoms with E-state index in [0.29, 0.717) is 10.2 Å². The molecule has 3 aromatic rings. The van der Waals surface area contributed by atoms with Gasteiger partial charge in [0.15, 0.2) is 5.84 Å². The van der Waals surface area contributed by atoms with Crippen LogP contribution in [0.5, 0.6) is 0 Å². The van der Waals surface area contributed by atoms with Crippen LogP contribution < -0.4 is 0 Å². The van der Waals surface area contributed by atoms with Gasteiger partial charge in [-0.2, -0.15) is 15.1 Å². The highest BCUT2D eigenvalue weighted by molar-refractivity contribution is 8.27. The molecule has 2 aliphatic rings. The number of carbonyl (C=O) groups is 1. The molecule has 2 aliphatic heterocycles. The first kappa shape index (κ1) is 21.1. The minimum atomic E-state index is -0.467. The van der Waals surface area contributed by atoms with Gasteiger partial charge in [0.25, 0.3) is 5.91 Å². The third-order valence-corrected chi connectivity index (χ3v) is 6.53. The summed E-state index contributed by atoms with van der Waals surface area (Å²) in [6.07, 6.45) is 1.68. The number of fused-ring (bicyclic) bond motifs is 1. The molecule has 1 aromatic heterocycles. The van der Waals surface area contributed by atoms with Gasteiger partial charge in [-0.05, 0) is 80.6 Å². The average Bonchev–Trinajstić information content (AvgIpc) is 3.33. The standard InChI is InChI=1S/C25H20FN5OS/c1-14-5-4-6-17(11-14)24-29-31-22(27)21(23(32)28-25(31)33-24)13-18-12-15(2)30(16(18)3)20-9-7-19(26)8-10-20/h4-13,27H,1-3H3/b21-13+,27-22?. The lowest BCUT2D eigenvalue weighted by Gasteiger charge is -2.20. The number of hydrazone groups is 1. The fraction of sp³-hybridized carbons (Fsp3) is 0.120. The molecule has 0 aliphatic carbocycles. The number of amides is 1. The van der Waals surface area contributed by atoms with Gasteiger partial charge in [-0.15, -0.1) is 0 Å². The SMILES string of the molecule is Cc1cccc(C2=NN3C(=N)/C(=C\c4cc(C)n(-c5ccc(F)cc5)c4C)C(=O)N=C3S2)c1. The Morgan fingerprint density at radius 3 is 2.55 bits per heavy atom. The lowest BCUT2D eigenvalue weighted by atomic mass is 10.1. The summed E-state index contributed by atoms with van der Waals surface area (Å²) < 4.78 is 15.3. The Kier molecular flexibility index (Phi) is 5.09. The molecule has 0 radical (unpaired) electrons. The molecule has 0 bridgehead atoms. The lowest BCUT2D eigenvalue weighted by molar-refractivity contribution is -0.114. The van der Waals surface area contributed by atoms with Crippen LogP contribution in [-0.2, 0) is 4.79 Å². The molecular formula is C25H20FN5OS. The van der Waals surface area contributed by atoms with Gasteiger partial charge >= 0.3 is 0 Å².